The largest absolute Gasteiger partial charge is 0.430 e. The predicted molar refractivity (Wildman–Crippen MR) is 23.8 cm³/mol. The van der Waals surface area contributed by atoms with Gasteiger partial charge < -0.3 is 9.47 Å². The van der Waals surface area contributed by atoms with E-state index in [1.807, 2.05) is 0 Å². The molecule has 0 aliphatic carbocycles. The maximum absolute atomic E-state index is 9.90. The molecule has 0 radical (unpaired) electrons. The molecule has 0 aliphatic rings. The third kappa shape index (κ3) is 4.94. The lowest BCUT2D eigenvalue weighted by atomic mass is 10.8. The monoisotopic (exact) mass is 118 g/mol. The maximum atomic E-state index is 9.90. The van der Waals surface area contributed by atoms with Crippen LogP contribution in [0, 0.1) is 0 Å². The van der Waals surface area contributed by atoms with Gasteiger partial charge in [-0.1, -0.05) is 0 Å². The van der Waals surface area contributed by atoms with Gasteiger partial charge in [0.2, 0.25) is 6.79 Å². The second kappa shape index (κ2) is 4.11. The molecular weight excluding hydrogens is 112 g/mol. The zero-order valence-corrected chi connectivity index (χ0v) is 4.42. The minimum Gasteiger partial charge on any atom is -0.430 e. The summed E-state index contributed by atoms with van der Waals surface area (Å²) in [6, 6.07) is 0. The molecule has 0 amide bonds. The Morgan fingerprint density at radius 1 is 1.75 bits per heavy atom. The fourth-order valence-corrected chi connectivity index (χ4v) is 0.145. The van der Waals surface area contributed by atoms with Gasteiger partial charge in [0.1, 0.15) is 0 Å². The predicted octanol–water partition coefficient (Wildman–Crippen LogP) is -0.320. The van der Waals surface area contributed by atoms with Crippen LogP contribution in [0.4, 0.5) is 0 Å². The maximum Gasteiger partial charge on any atom is 0.305 e. The highest BCUT2D eigenvalue weighted by Gasteiger charge is 1.87. The Balaban J connectivity index is 2.93. The zero-order valence-electron chi connectivity index (χ0n) is 4.42. The quantitative estimate of drug-likeness (QED) is 0.220. The van der Waals surface area contributed by atoms with Gasteiger partial charge in [-0.2, -0.15) is 0 Å². The van der Waals surface area contributed by atoms with Crippen molar-refractivity contribution in [3.8, 4) is 0 Å². The van der Waals surface area contributed by atoms with E-state index in [4.69, 9.17) is 0 Å². The molecule has 46 valence electrons. The van der Waals surface area contributed by atoms with Crippen molar-refractivity contribution < 1.29 is 19.1 Å². The Kier molecular flexibility index (Phi) is 3.56. The Bertz CT molecular complexity index is 88.0. The lowest BCUT2D eigenvalue weighted by Crippen LogP contribution is -2.02. The Morgan fingerprint density at radius 3 is 2.75 bits per heavy atom. The average Bonchev–Trinajstić information content (AvgIpc) is 1.66. The second-order valence-electron chi connectivity index (χ2n) is 1.02. The van der Waals surface area contributed by atoms with Gasteiger partial charge in [-0.3, -0.25) is 9.59 Å². The van der Waals surface area contributed by atoms with Crippen molar-refractivity contribution in [1.82, 2.24) is 0 Å². The van der Waals surface area contributed by atoms with E-state index in [-0.39, 0.29) is 13.3 Å². The molecule has 4 heteroatoms. The van der Waals surface area contributed by atoms with Crippen molar-refractivity contribution in [2.24, 2.45) is 0 Å². The molecule has 0 spiro atoms. The third-order valence-corrected chi connectivity index (χ3v) is 0.398. The van der Waals surface area contributed by atoms with Crippen molar-refractivity contribution in [2.45, 2.75) is 6.92 Å². The zero-order chi connectivity index (χ0) is 6.41. The van der Waals surface area contributed by atoms with E-state index < -0.39 is 5.97 Å². The summed E-state index contributed by atoms with van der Waals surface area (Å²) in [5.41, 5.74) is 0. The molecule has 0 rings (SSSR count). The van der Waals surface area contributed by atoms with Crippen LogP contribution in [0.1, 0.15) is 6.92 Å². The molecule has 0 aliphatic heterocycles. The number of hydrogen-bond donors (Lipinski definition) is 0. The van der Waals surface area contributed by atoms with E-state index in [0.29, 0.717) is 0 Å². The van der Waals surface area contributed by atoms with E-state index >= 15 is 0 Å². The number of hydrogen-bond acceptors (Lipinski definition) is 4. The van der Waals surface area contributed by atoms with Crippen molar-refractivity contribution in [3.63, 3.8) is 0 Å². The van der Waals surface area contributed by atoms with Gasteiger partial charge in [-0.25, -0.2) is 0 Å². The van der Waals surface area contributed by atoms with Crippen LogP contribution in [0.25, 0.3) is 0 Å². The molecule has 8 heavy (non-hydrogen) atoms. The number of rotatable bonds is 3. The molecule has 0 bridgehead atoms. The van der Waals surface area contributed by atoms with Gasteiger partial charge >= 0.3 is 5.97 Å². The summed E-state index contributed by atoms with van der Waals surface area (Å²) >= 11 is 0. The lowest BCUT2D eigenvalue weighted by Gasteiger charge is -1.95. The first-order valence-corrected chi connectivity index (χ1v) is 1.96. The Morgan fingerprint density at radius 2 is 2.38 bits per heavy atom. The molecule has 0 saturated heterocycles. The van der Waals surface area contributed by atoms with E-state index in [9.17, 15) is 9.59 Å². The van der Waals surface area contributed by atoms with Gasteiger partial charge in [0.05, 0.1) is 0 Å². The van der Waals surface area contributed by atoms with E-state index in [2.05, 4.69) is 9.47 Å². The van der Waals surface area contributed by atoms with Gasteiger partial charge in [-0.15, -0.1) is 0 Å². The smallest absolute Gasteiger partial charge is 0.305 e. The normalized spacial score (nSPS) is 7.62. The number of carbonyl (C=O) groups is 2. The van der Waals surface area contributed by atoms with E-state index in [1.165, 1.54) is 6.92 Å². The standard InChI is InChI=1S/C4H6O4/c1-4(6)8-3-7-2-5/h2H,3H2,1H3. The van der Waals surface area contributed by atoms with Crippen LogP contribution in [0.3, 0.4) is 0 Å². The van der Waals surface area contributed by atoms with Crippen LogP contribution >= 0.6 is 0 Å². The van der Waals surface area contributed by atoms with Gasteiger partial charge in [0.25, 0.3) is 6.47 Å². The Labute approximate surface area is 46.4 Å². The molecule has 0 heterocycles. The summed E-state index contributed by atoms with van der Waals surface area (Å²) in [5.74, 6) is -0.466. The third-order valence-electron chi connectivity index (χ3n) is 0.398. The van der Waals surface area contributed by atoms with Crippen molar-refractivity contribution in [2.75, 3.05) is 6.79 Å². The van der Waals surface area contributed by atoms with Crippen LogP contribution in [0.15, 0.2) is 0 Å². The molecule has 0 aromatic heterocycles. The van der Waals surface area contributed by atoms with Gasteiger partial charge in [0.15, 0.2) is 0 Å². The highest BCUT2D eigenvalue weighted by atomic mass is 16.7. The molecule has 0 saturated carbocycles. The highest BCUT2D eigenvalue weighted by Crippen LogP contribution is 1.73. The minimum atomic E-state index is -0.466. The SMILES string of the molecule is CC(=O)OCOC=O. The first kappa shape index (κ1) is 6.94. The van der Waals surface area contributed by atoms with Crippen LogP contribution in [0.5, 0.6) is 0 Å². The summed E-state index contributed by atoms with van der Waals surface area (Å²) in [4.78, 5) is 19.3. The molecule has 4 nitrogen and oxygen atoms in total. The number of carbonyl (C=O) groups excluding carboxylic acids is 2. The fourth-order valence-electron chi connectivity index (χ4n) is 0.145. The first-order chi connectivity index (χ1) is 3.77. The topological polar surface area (TPSA) is 52.6 Å². The van der Waals surface area contributed by atoms with Crippen LogP contribution in [-0.4, -0.2) is 19.2 Å². The molecule has 0 unspecified atom stereocenters. The molecular formula is C4H6O4. The first-order valence-electron chi connectivity index (χ1n) is 1.96. The summed E-state index contributed by atoms with van der Waals surface area (Å²) in [7, 11) is 0. The number of ether oxygens (including phenoxy) is 2. The molecule has 0 aromatic rings. The summed E-state index contributed by atoms with van der Waals surface area (Å²) in [6.45, 7) is 1.15. The molecule has 0 atom stereocenters. The van der Waals surface area contributed by atoms with Crippen LogP contribution < -0.4 is 0 Å². The molecule has 0 N–H and O–H groups in total. The van der Waals surface area contributed by atoms with Gasteiger partial charge in [0, 0.05) is 6.92 Å². The highest BCUT2D eigenvalue weighted by molar-refractivity contribution is 5.65. The van der Waals surface area contributed by atoms with Crippen molar-refractivity contribution in [3.05, 3.63) is 0 Å². The summed E-state index contributed by atoms with van der Waals surface area (Å²) < 4.78 is 8.21. The van der Waals surface area contributed by atoms with E-state index in [1.54, 1.807) is 0 Å². The minimum absolute atomic E-state index is 0.211. The fraction of sp³-hybridized carbons (Fsp3) is 0.500. The van der Waals surface area contributed by atoms with Crippen LogP contribution in [0.2, 0.25) is 0 Å². The lowest BCUT2D eigenvalue weighted by molar-refractivity contribution is -0.157. The average molecular weight is 118 g/mol. The van der Waals surface area contributed by atoms with Gasteiger partial charge in [-0.05, 0) is 0 Å². The molecule has 0 aromatic carbocycles. The van der Waals surface area contributed by atoms with Crippen molar-refractivity contribution in [1.29, 1.82) is 0 Å². The Hall–Kier alpha value is -1.06. The molecule has 0 fully saturated rings. The van der Waals surface area contributed by atoms with Crippen LogP contribution in [-0.2, 0) is 19.1 Å². The summed E-state index contributed by atoms with van der Waals surface area (Å²) in [5, 5.41) is 0. The van der Waals surface area contributed by atoms with E-state index in [0.717, 1.165) is 0 Å². The summed E-state index contributed by atoms with van der Waals surface area (Å²) in [6.07, 6.45) is 0. The second-order valence-corrected chi connectivity index (χ2v) is 1.02. The van der Waals surface area contributed by atoms with Crippen molar-refractivity contribution >= 4 is 12.4 Å². The number of esters is 1.